The second-order valence-corrected chi connectivity index (χ2v) is 6.86. The average Bonchev–Trinajstić information content (AvgIpc) is 3.25. The van der Waals surface area contributed by atoms with Crippen LogP contribution in [0.25, 0.3) is 21.8 Å². The Morgan fingerprint density at radius 3 is 2.43 bits per heavy atom. The molecule has 0 radical (unpaired) electrons. The number of aromatic nitrogens is 2. The van der Waals surface area contributed by atoms with Crippen LogP contribution in [0.5, 0.6) is 5.75 Å². The van der Waals surface area contributed by atoms with Crippen molar-refractivity contribution in [3.05, 3.63) is 84.5 Å². The summed E-state index contributed by atoms with van der Waals surface area (Å²) in [5, 5.41) is 5.81. The summed E-state index contributed by atoms with van der Waals surface area (Å²) in [4.78, 5) is 20.8. The van der Waals surface area contributed by atoms with Crippen LogP contribution in [0.4, 0.5) is 5.69 Å². The van der Waals surface area contributed by atoms with E-state index in [-0.39, 0.29) is 12.5 Å². The van der Waals surface area contributed by atoms with Gasteiger partial charge in [-0.2, -0.15) is 0 Å². The zero-order valence-corrected chi connectivity index (χ0v) is 15.7. The molecule has 2 aromatic carbocycles. The lowest BCUT2D eigenvalue weighted by molar-refractivity contribution is -0.118. The van der Waals surface area contributed by atoms with Crippen LogP contribution in [0.1, 0.15) is 0 Å². The monoisotopic (exact) mass is 387 g/mol. The van der Waals surface area contributed by atoms with E-state index in [0.29, 0.717) is 5.75 Å². The van der Waals surface area contributed by atoms with Crippen LogP contribution >= 0.6 is 11.3 Å². The van der Waals surface area contributed by atoms with Gasteiger partial charge in [-0.25, -0.2) is 4.98 Å². The summed E-state index contributed by atoms with van der Waals surface area (Å²) < 4.78 is 5.45. The van der Waals surface area contributed by atoms with E-state index in [1.165, 1.54) is 0 Å². The zero-order chi connectivity index (χ0) is 19.2. The largest absolute Gasteiger partial charge is 0.484 e. The van der Waals surface area contributed by atoms with Gasteiger partial charge in [0.25, 0.3) is 5.91 Å². The fraction of sp³-hybridized carbons (Fsp3) is 0.0455. The first-order valence-corrected chi connectivity index (χ1v) is 9.60. The Hall–Kier alpha value is -3.51. The molecule has 1 N–H and O–H groups in total. The molecule has 0 fully saturated rings. The molecule has 0 aliphatic rings. The molecule has 2 heterocycles. The number of para-hydroxylation sites is 1. The highest BCUT2D eigenvalue weighted by Crippen LogP contribution is 2.29. The van der Waals surface area contributed by atoms with E-state index in [2.05, 4.69) is 15.3 Å². The number of nitrogens with zero attached hydrogens (tertiary/aromatic N) is 2. The lowest BCUT2D eigenvalue weighted by atomic mass is 10.1. The van der Waals surface area contributed by atoms with Crippen LogP contribution in [-0.4, -0.2) is 22.5 Å². The Morgan fingerprint density at radius 1 is 0.929 bits per heavy atom. The van der Waals surface area contributed by atoms with E-state index in [1.54, 1.807) is 23.7 Å². The Labute approximate surface area is 166 Å². The highest BCUT2D eigenvalue weighted by Gasteiger charge is 2.08. The van der Waals surface area contributed by atoms with E-state index in [1.807, 2.05) is 72.1 Å². The van der Waals surface area contributed by atoms with E-state index < -0.39 is 0 Å². The molecular weight excluding hydrogens is 370 g/mol. The van der Waals surface area contributed by atoms with Crippen molar-refractivity contribution in [2.75, 3.05) is 11.9 Å². The van der Waals surface area contributed by atoms with Crippen molar-refractivity contribution in [3.8, 4) is 27.6 Å². The molecule has 4 aromatic rings. The van der Waals surface area contributed by atoms with Crippen molar-refractivity contribution < 1.29 is 9.53 Å². The minimum Gasteiger partial charge on any atom is -0.484 e. The maximum absolute atomic E-state index is 12.0. The van der Waals surface area contributed by atoms with Gasteiger partial charge in [0.15, 0.2) is 6.61 Å². The van der Waals surface area contributed by atoms with Gasteiger partial charge in [-0.3, -0.25) is 9.78 Å². The first-order valence-electron chi connectivity index (χ1n) is 8.72. The van der Waals surface area contributed by atoms with Crippen molar-refractivity contribution in [3.63, 3.8) is 0 Å². The van der Waals surface area contributed by atoms with Crippen LogP contribution in [-0.2, 0) is 4.79 Å². The van der Waals surface area contributed by atoms with Crippen LogP contribution in [0, 0.1) is 0 Å². The van der Waals surface area contributed by atoms with Gasteiger partial charge in [0.1, 0.15) is 10.8 Å². The normalized spacial score (nSPS) is 10.4. The number of hydrogen-bond acceptors (Lipinski definition) is 5. The fourth-order valence-corrected chi connectivity index (χ4v) is 3.46. The van der Waals surface area contributed by atoms with E-state index in [4.69, 9.17) is 4.74 Å². The molecule has 0 unspecified atom stereocenters. The Balaban J connectivity index is 1.37. The molecule has 0 aliphatic carbocycles. The predicted molar refractivity (Wildman–Crippen MR) is 111 cm³/mol. The standard InChI is InChI=1S/C22H17N3O2S/c26-21(14-27-19-4-2-1-3-5-19)24-18-8-6-16(7-9-18)20-15-28-22(25-20)17-10-12-23-13-11-17/h1-13,15H,14H2,(H,24,26). The number of nitrogens with one attached hydrogen (secondary N) is 1. The highest BCUT2D eigenvalue weighted by atomic mass is 32.1. The third-order valence-electron chi connectivity index (χ3n) is 4.01. The second-order valence-electron chi connectivity index (χ2n) is 6.00. The van der Waals surface area contributed by atoms with E-state index >= 15 is 0 Å². The first-order chi connectivity index (χ1) is 13.8. The third-order valence-corrected chi connectivity index (χ3v) is 4.90. The molecular formula is C22H17N3O2S. The van der Waals surface area contributed by atoms with Crippen LogP contribution in [0.2, 0.25) is 0 Å². The van der Waals surface area contributed by atoms with Crippen LogP contribution in [0.15, 0.2) is 84.5 Å². The summed E-state index contributed by atoms with van der Waals surface area (Å²) in [5.74, 6) is 0.465. The molecule has 2 aromatic heterocycles. The lowest BCUT2D eigenvalue weighted by Gasteiger charge is -2.08. The molecule has 1 amide bonds. The minimum atomic E-state index is -0.203. The number of pyridine rings is 1. The molecule has 0 bridgehead atoms. The minimum absolute atomic E-state index is 0.0346. The topological polar surface area (TPSA) is 64.1 Å². The number of hydrogen-bond donors (Lipinski definition) is 1. The number of amides is 1. The maximum atomic E-state index is 12.0. The summed E-state index contributed by atoms with van der Waals surface area (Å²) in [6, 6.07) is 20.8. The van der Waals surface area contributed by atoms with Gasteiger partial charge in [0.2, 0.25) is 0 Å². The van der Waals surface area contributed by atoms with Crippen molar-refractivity contribution in [1.82, 2.24) is 9.97 Å². The number of ether oxygens (including phenoxy) is 1. The molecule has 0 atom stereocenters. The predicted octanol–water partition coefficient (Wildman–Crippen LogP) is 4.89. The van der Waals surface area contributed by atoms with Gasteiger partial charge in [-0.05, 0) is 36.4 Å². The first kappa shape index (κ1) is 17.9. The highest BCUT2D eigenvalue weighted by molar-refractivity contribution is 7.13. The SMILES string of the molecule is O=C(COc1ccccc1)Nc1ccc(-c2csc(-c3ccncc3)n2)cc1. The Kier molecular flexibility index (Phi) is 5.40. The van der Waals surface area contributed by atoms with Crippen molar-refractivity contribution >= 4 is 22.9 Å². The summed E-state index contributed by atoms with van der Waals surface area (Å²) in [5.41, 5.74) is 3.67. The molecule has 0 saturated heterocycles. The van der Waals surface area contributed by atoms with Crippen molar-refractivity contribution in [2.45, 2.75) is 0 Å². The number of rotatable bonds is 6. The zero-order valence-electron chi connectivity index (χ0n) is 14.9. The van der Waals surface area contributed by atoms with Gasteiger partial charge in [0, 0.05) is 34.6 Å². The van der Waals surface area contributed by atoms with E-state index in [0.717, 1.165) is 27.5 Å². The molecule has 6 heteroatoms. The summed E-state index contributed by atoms with van der Waals surface area (Å²) >= 11 is 1.59. The molecule has 0 saturated carbocycles. The third kappa shape index (κ3) is 4.42. The van der Waals surface area contributed by atoms with Crippen molar-refractivity contribution in [2.24, 2.45) is 0 Å². The van der Waals surface area contributed by atoms with Gasteiger partial charge in [-0.15, -0.1) is 11.3 Å². The van der Waals surface area contributed by atoms with Gasteiger partial charge < -0.3 is 10.1 Å². The Morgan fingerprint density at radius 2 is 1.68 bits per heavy atom. The summed E-state index contributed by atoms with van der Waals surface area (Å²) in [6.45, 7) is -0.0346. The molecule has 5 nitrogen and oxygen atoms in total. The fourth-order valence-electron chi connectivity index (χ4n) is 2.62. The Bertz CT molecular complexity index is 1050. The number of carbonyl (C=O) groups excluding carboxylic acids is 1. The molecule has 4 rings (SSSR count). The smallest absolute Gasteiger partial charge is 0.262 e. The van der Waals surface area contributed by atoms with Crippen LogP contribution < -0.4 is 10.1 Å². The van der Waals surface area contributed by atoms with Crippen LogP contribution in [0.3, 0.4) is 0 Å². The number of benzene rings is 2. The molecule has 138 valence electrons. The second kappa shape index (κ2) is 8.45. The molecule has 0 spiro atoms. The maximum Gasteiger partial charge on any atom is 0.262 e. The summed E-state index contributed by atoms with van der Waals surface area (Å²) in [7, 11) is 0. The lowest BCUT2D eigenvalue weighted by Crippen LogP contribution is -2.20. The van der Waals surface area contributed by atoms with Gasteiger partial charge in [-0.1, -0.05) is 30.3 Å². The molecule has 0 aliphatic heterocycles. The van der Waals surface area contributed by atoms with Gasteiger partial charge in [0.05, 0.1) is 5.69 Å². The quantitative estimate of drug-likeness (QED) is 0.512. The summed E-state index contributed by atoms with van der Waals surface area (Å²) in [6.07, 6.45) is 3.52. The number of thiazole rings is 1. The van der Waals surface area contributed by atoms with Crippen molar-refractivity contribution in [1.29, 1.82) is 0 Å². The molecule has 28 heavy (non-hydrogen) atoms. The number of carbonyl (C=O) groups is 1. The van der Waals surface area contributed by atoms with Gasteiger partial charge >= 0.3 is 0 Å². The van der Waals surface area contributed by atoms with E-state index in [9.17, 15) is 4.79 Å². The average molecular weight is 387 g/mol. The number of anilines is 1.